The lowest BCUT2D eigenvalue weighted by atomic mass is 10.2. The fourth-order valence-corrected chi connectivity index (χ4v) is 2.05. The molecule has 0 amide bonds. The van der Waals surface area contributed by atoms with Gasteiger partial charge in [-0.3, -0.25) is 9.36 Å². The molecular formula is C14H23N5. The highest BCUT2D eigenvalue weighted by molar-refractivity contribution is 5.42. The summed E-state index contributed by atoms with van der Waals surface area (Å²) < 4.78 is 4.01. The zero-order chi connectivity index (χ0) is 13.8. The summed E-state index contributed by atoms with van der Waals surface area (Å²) >= 11 is 0. The topological polar surface area (TPSA) is 47.7 Å². The normalized spacial score (nSPS) is 11.2. The van der Waals surface area contributed by atoms with Crippen molar-refractivity contribution in [3.05, 3.63) is 29.7 Å². The third-order valence-electron chi connectivity index (χ3n) is 3.05. The van der Waals surface area contributed by atoms with Gasteiger partial charge in [0.05, 0.1) is 12.2 Å². The molecule has 5 heteroatoms. The van der Waals surface area contributed by atoms with Crippen molar-refractivity contribution in [2.75, 3.05) is 5.32 Å². The molecule has 0 saturated carbocycles. The van der Waals surface area contributed by atoms with Crippen molar-refractivity contribution in [1.29, 1.82) is 0 Å². The van der Waals surface area contributed by atoms with E-state index in [0.29, 0.717) is 5.92 Å². The predicted molar refractivity (Wildman–Crippen MR) is 77.0 cm³/mol. The minimum Gasteiger partial charge on any atom is -0.363 e. The first-order chi connectivity index (χ1) is 9.10. The summed E-state index contributed by atoms with van der Waals surface area (Å²) in [6.07, 6.45) is 3.92. The molecule has 19 heavy (non-hydrogen) atoms. The Morgan fingerprint density at radius 2 is 2.16 bits per heavy atom. The molecule has 0 fully saturated rings. The van der Waals surface area contributed by atoms with E-state index in [2.05, 4.69) is 60.2 Å². The van der Waals surface area contributed by atoms with Crippen LogP contribution < -0.4 is 5.32 Å². The van der Waals surface area contributed by atoms with Crippen molar-refractivity contribution in [3.8, 4) is 0 Å². The molecule has 0 aromatic carbocycles. The van der Waals surface area contributed by atoms with E-state index in [4.69, 9.17) is 0 Å². The van der Waals surface area contributed by atoms with Crippen LogP contribution in [0.3, 0.4) is 0 Å². The summed E-state index contributed by atoms with van der Waals surface area (Å²) in [6.45, 7) is 11.2. The highest BCUT2D eigenvalue weighted by Crippen LogP contribution is 2.13. The van der Waals surface area contributed by atoms with Gasteiger partial charge in [-0.2, -0.15) is 10.2 Å². The minimum atomic E-state index is 0.597. The summed E-state index contributed by atoms with van der Waals surface area (Å²) in [5.41, 5.74) is 2.37. The molecule has 0 aliphatic heterocycles. The van der Waals surface area contributed by atoms with Gasteiger partial charge in [-0.05, 0) is 25.8 Å². The number of aryl methyl sites for hydroxylation is 2. The Hall–Kier alpha value is -1.78. The van der Waals surface area contributed by atoms with Gasteiger partial charge < -0.3 is 5.32 Å². The first-order valence-electron chi connectivity index (χ1n) is 6.88. The van der Waals surface area contributed by atoms with Gasteiger partial charge in [0.25, 0.3) is 0 Å². The Kier molecular flexibility index (Phi) is 4.24. The Bertz CT molecular complexity index is 524. The monoisotopic (exact) mass is 261 g/mol. The molecule has 0 spiro atoms. The van der Waals surface area contributed by atoms with Gasteiger partial charge in [0.1, 0.15) is 0 Å². The van der Waals surface area contributed by atoms with Gasteiger partial charge in [-0.1, -0.05) is 13.8 Å². The fourth-order valence-electron chi connectivity index (χ4n) is 2.05. The number of nitrogens with zero attached hydrogens (tertiary/aromatic N) is 4. The molecule has 2 aromatic heterocycles. The molecule has 0 aliphatic carbocycles. The van der Waals surface area contributed by atoms with Gasteiger partial charge >= 0.3 is 0 Å². The zero-order valence-electron chi connectivity index (χ0n) is 12.2. The van der Waals surface area contributed by atoms with Crippen LogP contribution in [-0.4, -0.2) is 19.6 Å². The maximum Gasteiger partial charge on any atom is 0.151 e. The molecule has 5 nitrogen and oxygen atoms in total. The van der Waals surface area contributed by atoms with E-state index in [-0.39, 0.29) is 0 Å². The molecule has 0 aliphatic rings. The highest BCUT2D eigenvalue weighted by atomic mass is 15.3. The molecule has 0 atom stereocenters. The number of anilines is 1. The van der Waals surface area contributed by atoms with E-state index in [1.54, 1.807) is 0 Å². The van der Waals surface area contributed by atoms with Crippen molar-refractivity contribution in [2.24, 2.45) is 5.92 Å². The predicted octanol–water partition coefficient (Wildman–Crippen LogP) is 2.68. The van der Waals surface area contributed by atoms with Crippen LogP contribution in [0.25, 0.3) is 0 Å². The number of rotatable bonds is 6. The van der Waals surface area contributed by atoms with E-state index in [9.17, 15) is 0 Å². The molecule has 2 heterocycles. The van der Waals surface area contributed by atoms with E-state index < -0.39 is 0 Å². The highest BCUT2D eigenvalue weighted by Gasteiger charge is 2.07. The lowest BCUT2D eigenvalue weighted by molar-refractivity contribution is 0.470. The van der Waals surface area contributed by atoms with Gasteiger partial charge in [0, 0.05) is 31.0 Å². The first-order valence-corrected chi connectivity index (χ1v) is 6.88. The van der Waals surface area contributed by atoms with Gasteiger partial charge in [-0.25, -0.2) is 0 Å². The lowest BCUT2D eigenvalue weighted by Crippen LogP contribution is -2.13. The van der Waals surface area contributed by atoms with Crippen LogP contribution in [0.5, 0.6) is 0 Å². The quantitative estimate of drug-likeness (QED) is 0.869. The van der Waals surface area contributed by atoms with Crippen molar-refractivity contribution < 1.29 is 0 Å². The summed E-state index contributed by atoms with van der Waals surface area (Å²) in [6, 6.07) is 2.06. The Labute approximate surface area is 114 Å². The minimum absolute atomic E-state index is 0.597. The smallest absolute Gasteiger partial charge is 0.151 e. The van der Waals surface area contributed by atoms with E-state index in [0.717, 1.165) is 25.5 Å². The second kappa shape index (κ2) is 5.91. The molecule has 0 bridgehead atoms. The fraction of sp³-hybridized carbons (Fsp3) is 0.571. The van der Waals surface area contributed by atoms with Gasteiger partial charge in [0.15, 0.2) is 5.82 Å². The van der Waals surface area contributed by atoms with Crippen LogP contribution in [0, 0.1) is 12.8 Å². The zero-order valence-corrected chi connectivity index (χ0v) is 12.2. The third kappa shape index (κ3) is 3.36. The maximum absolute atomic E-state index is 4.49. The number of hydrogen-bond acceptors (Lipinski definition) is 3. The van der Waals surface area contributed by atoms with Crippen LogP contribution in [0.4, 0.5) is 5.82 Å². The Balaban J connectivity index is 2.02. The van der Waals surface area contributed by atoms with Gasteiger partial charge in [0.2, 0.25) is 0 Å². The Morgan fingerprint density at radius 3 is 2.79 bits per heavy atom. The number of aromatic nitrogens is 4. The Morgan fingerprint density at radius 1 is 1.37 bits per heavy atom. The van der Waals surface area contributed by atoms with Crippen LogP contribution in [-0.2, 0) is 19.6 Å². The van der Waals surface area contributed by atoms with Crippen molar-refractivity contribution in [3.63, 3.8) is 0 Å². The molecule has 1 N–H and O–H groups in total. The first kappa shape index (κ1) is 13.6. The maximum atomic E-state index is 4.49. The SMILES string of the molecule is CCn1cc(C)c(NCc2ccnn2CC(C)C)n1. The van der Waals surface area contributed by atoms with Gasteiger partial charge in [-0.15, -0.1) is 0 Å². The molecule has 104 valence electrons. The molecule has 0 radical (unpaired) electrons. The van der Waals surface area contributed by atoms with E-state index in [1.165, 1.54) is 11.3 Å². The van der Waals surface area contributed by atoms with Crippen LogP contribution in [0.15, 0.2) is 18.5 Å². The largest absolute Gasteiger partial charge is 0.363 e. The summed E-state index contributed by atoms with van der Waals surface area (Å²) in [5, 5.41) is 12.2. The molecule has 2 rings (SSSR count). The average molecular weight is 261 g/mol. The molecule has 0 saturated heterocycles. The molecule has 2 aromatic rings. The lowest BCUT2D eigenvalue weighted by Gasteiger charge is -2.10. The van der Waals surface area contributed by atoms with Crippen LogP contribution >= 0.6 is 0 Å². The molecule has 0 unspecified atom stereocenters. The van der Waals surface area contributed by atoms with Crippen LogP contribution in [0.2, 0.25) is 0 Å². The van der Waals surface area contributed by atoms with E-state index in [1.807, 2.05) is 10.9 Å². The van der Waals surface area contributed by atoms with E-state index >= 15 is 0 Å². The van der Waals surface area contributed by atoms with Crippen molar-refractivity contribution in [1.82, 2.24) is 19.6 Å². The average Bonchev–Trinajstić information content (AvgIpc) is 2.93. The second-order valence-electron chi connectivity index (χ2n) is 5.27. The van der Waals surface area contributed by atoms with Crippen molar-refractivity contribution >= 4 is 5.82 Å². The number of hydrogen-bond donors (Lipinski definition) is 1. The summed E-state index contributed by atoms with van der Waals surface area (Å²) in [5.74, 6) is 1.55. The van der Waals surface area contributed by atoms with Crippen molar-refractivity contribution in [2.45, 2.75) is 47.3 Å². The third-order valence-corrected chi connectivity index (χ3v) is 3.05. The standard InChI is InChI=1S/C14H23N5/c1-5-18-10-12(4)14(17-18)15-8-13-6-7-16-19(13)9-11(2)3/h6-7,10-11H,5,8-9H2,1-4H3,(H,15,17). The summed E-state index contributed by atoms with van der Waals surface area (Å²) in [4.78, 5) is 0. The number of nitrogens with one attached hydrogen (secondary N) is 1. The van der Waals surface area contributed by atoms with Crippen LogP contribution in [0.1, 0.15) is 32.0 Å². The second-order valence-corrected chi connectivity index (χ2v) is 5.27. The molecular weight excluding hydrogens is 238 g/mol. The summed E-state index contributed by atoms with van der Waals surface area (Å²) in [7, 11) is 0.